The maximum absolute atomic E-state index is 10.7. The molecule has 1 unspecified atom stereocenters. The Morgan fingerprint density at radius 3 is 3.07 bits per heavy atom. The van der Waals surface area contributed by atoms with E-state index in [-0.39, 0.29) is 11.6 Å². The fraction of sp³-hybridized carbons (Fsp3) is 0.200. The summed E-state index contributed by atoms with van der Waals surface area (Å²) >= 11 is 0. The summed E-state index contributed by atoms with van der Waals surface area (Å²) in [6.07, 6.45) is 6.17. The van der Waals surface area contributed by atoms with Gasteiger partial charge in [0, 0.05) is 0 Å². The van der Waals surface area contributed by atoms with Crippen molar-refractivity contribution in [2.75, 3.05) is 0 Å². The van der Waals surface area contributed by atoms with Gasteiger partial charge >= 0.3 is 5.97 Å². The number of hydrogen-bond donors (Lipinski definition) is 2. The minimum Gasteiger partial charge on any atom is -0.478 e. The Labute approximate surface area is 86.1 Å². The molecule has 2 heterocycles. The predicted octanol–water partition coefficient (Wildman–Crippen LogP) is 1.15. The fourth-order valence-electron chi connectivity index (χ4n) is 1.32. The third-order valence-corrected chi connectivity index (χ3v) is 2.03. The van der Waals surface area contributed by atoms with Crippen molar-refractivity contribution in [3.63, 3.8) is 0 Å². The average Bonchev–Trinajstić information content (AvgIpc) is 2.65. The number of aryl methyl sites for hydroxylation is 1. The van der Waals surface area contributed by atoms with Crippen LogP contribution >= 0.6 is 0 Å². The minimum atomic E-state index is -0.957. The van der Waals surface area contributed by atoms with Gasteiger partial charge in [-0.15, -0.1) is 0 Å². The fourth-order valence-corrected chi connectivity index (χ4v) is 1.32. The molecule has 0 saturated heterocycles. The van der Waals surface area contributed by atoms with Crippen LogP contribution in [0.5, 0.6) is 0 Å². The molecule has 15 heavy (non-hydrogen) atoms. The van der Waals surface area contributed by atoms with Crippen molar-refractivity contribution in [1.82, 2.24) is 10.3 Å². The topological polar surface area (TPSA) is 75.4 Å². The second kappa shape index (κ2) is 3.61. The summed E-state index contributed by atoms with van der Waals surface area (Å²) in [6, 6.07) is -0.310. The Balaban J connectivity index is 2.26. The van der Waals surface area contributed by atoms with Gasteiger partial charge in [0.2, 0.25) is 5.89 Å². The zero-order chi connectivity index (χ0) is 10.8. The molecule has 1 aliphatic heterocycles. The van der Waals surface area contributed by atoms with E-state index in [0.29, 0.717) is 5.89 Å². The minimum absolute atomic E-state index is 0.231. The lowest BCUT2D eigenvalue weighted by atomic mass is 10.1. The molecule has 0 radical (unpaired) electrons. The summed E-state index contributed by atoms with van der Waals surface area (Å²) in [7, 11) is 0. The smallest absolute Gasteiger partial charge is 0.335 e. The summed E-state index contributed by atoms with van der Waals surface area (Å²) in [5.41, 5.74) is 1.00. The Kier molecular flexibility index (Phi) is 2.29. The van der Waals surface area contributed by atoms with Crippen LogP contribution < -0.4 is 5.32 Å². The lowest BCUT2D eigenvalue weighted by Gasteiger charge is -2.13. The predicted molar refractivity (Wildman–Crippen MR) is 52.0 cm³/mol. The number of dihydropyridines is 1. The van der Waals surface area contributed by atoms with E-state index >= 15 is 0 Å². The normalized spacial score (nSPS) is 19.5. The van der Waals surface area contributed by atoms with Crippen LogP contribution in [-0.4, -0.2) is 16.1 Å². The molecule has 0 aromatic carbocycles. The molecule has 2 N–H and O–H groups in total. The standard InChI is InChI=1S/C10H10N2O3/c1-6-5-15-9(12-6)8-4-7(10(13)14)2-3-11-8/h2-5,8,11H,1H3,(H,13,14). The number of carboxylic acids is 1. The number of aromatic nitrogens is 1. The van der Waals surface area contributed by atoms with Crippen molar-refractivity contribution in [1.29, 1.82) is 0 Å². The van der Waals surface area contributed by atoms with E-state index in [1.165, 1.54) is 12.3 Å². The van der Waals surface area contributed by atoms with Crippen LogP contribution in [0.4, 0.5) is 0 Å². The number of carbonyl (C=O) groups is 1. The Hall–Kier alpha value is -2.04. The highest BCUT2D eigenvalue weighted by molar-refractivity contribution is 5.90. The Morgan fingerprint density at radius 2 is 2.47 bits per heavy atom. The van der Waals surface area contributed by atoms with Gasteiger partial charge in [-0.1, -0.05) is 0 Å². The lowest BCUT2D eigenvalue weighted by Crippen LogP contribution is -2.19. The van der Waals surface area contributed by atoms with E-state index in [4.69, 9.17) is 9.52 Å². The Bertz CT molecular complexity index is 445. The number of carboxylic acid groups (broad SMARTS) is 1. The maximum Gasteiger partial charge on any atom is 0.335 e. The van der Waals surface area contributed by atoms with E-state index in [2.05, 4.69) is 10.3 Å². The van der Waals surface area contributed by atoms with Gasteiger partial charge in [-0.05, 0) is 25.3 Å². The molecule has 0 bridgehead atoms. The first kappa shape index (κ1) is 9.51. The molecule has 5 nitrogen and oxygen atoms in total. The lowest BCUT2D eigenvalue weighted by molar-refractivity contribution is -0.132. The van der Waals surface area contributed by atoms with E-state index in [0.717, 1.165) is 5.69 Å². The third kappa shape index (κ3) is 1.90. The molecule has 0 fully saturated rings. The summed E-state index contributed by atoms with van der Waals surface area (Å²) in [4.78, 5) is 14.9. The van der Waals surface area contributed by atoms with Crippen LogP contribution in [0.25, 0.3) is 0 Å². The first-order valence-corrected chi connectivity index (χ1v) is 4.46. The van der Waals surface area contributed by atoms with Crippen LogP contribution in [-0.2, 0) is 4.79 Å². The first-order chi connectivity index (χ1) is 7.16. The molecule has 78 valence electrons. The SMILES string of the molecule is Cc1coc(C2C=C(C(=O)O)C=CN2)n1. The molecule has 1 aromatic rings. The van der Waals surface area contributed by atoms with Crippen LogP contribution in [0.3, 0.4) is 0 Å². The van der Waals surface area contributed by atoms with Crippen LogP contribution in [0.15, 0.2) is 34.6 Å². The molecule has 0 saturated carbocycles. The molecule has 0 amide bonds. The van der Waals surface area contributed by atoms with Gasteiger partial charge in [-0.2, -0.15) is 0 Å². The summed E-state index contributed by atoms with van der Waals surface area (Å²) in [5.74, 6) is -0.489. The average molecular weight is 206 g/mol. The van der Waals surface area contributed by atoms with Gasteiger partial charge in [0.05, 0.1) is 11.3 Å². The van der Waals surface area contributed by atoms with Crippen molar-refractivity contribution < 1.29 is 14.3 Å². The van der Waals surface area contributed by atoms with E-state index in [1.54, 1.807) is 12.3 Å². The second-order valence-corrected chi connectivity index (χ2v) is 3.23. The molecular formula is C10H10N2O3. The third-order valence-electron chi connectivity index (χ3n) is 2.03. The summed E-state index contributed by atoms with van der Waals surface area (Å²) in [5, 5.41) is 11.8. The number of aliphatic carboxylic acids is 1. The highest BCUT2D eigenvalue weighted by atomic mass is 16.4. The number of hydrogen-bond acceptors (Lipinski definition) is 4. The zero-order valence-electron chi connectivity index (χ0n) is 8.10. The van der Waals surface area contributed by atoms with Crippen molar-refractivity contribution in [3.05, 3.63) is 41.8 Å². The van der Waals surface area contributed by atoms with Crippen molar-refractivity contribution in [2.24, 2.45) is 0 Å². The molecular weight excluding hydrogens is 196 g/mol. The largest absolute Gasteiger partial charge is 0.478 e. The van der Waals surface area contributed by atoms with E-state index in [1.807, 2.05) is 6.92 Å². The van der Waals surface area contributed by atoms with Crippen LogP contribution in [0.2, 0.25) is 0 Å². The summed E-state index contributed by atoms with van der Waals surface area (Å²) in [6.45, 7) is 1.81. The number of oxazole rings is 1. The van der Waals surface area contributed by atoms with Gasteiger partial charge in [-0.25, -0.2) is 9.78 Å². The highest BCUT2D eigenvalue weighted by Gasteiger charge is 2.18. The number of nitrogens with zero attached hydrogens (tertiary/aromatic N) is 1. The monoisotopic (exact) mass is 206 g/mol. The first-order valence-electron chi connectivity index (χ1n) is 4.46. The van der Waals surface area contributed by atoms with E-state index < -0.39 is 5.97 Å². The van der Waals surface area contributed by atoms with Crippen molar-refractivity contribution in [2.45, 2.75) is 13.0 Å². The van der Waals surface area contributed by atoms with Gasteiger partial charge in [0.15, 0.2) is 0 Å². The zero-order valence-corrected chi connectivity index (χ0v) is 8.10. The van der Waals surface area contributed by atoms with Crippen LogP contribution in [0.1, 0.15) is 17.6 Å². The quantitative estimate of drug-likeness (QED) is 0.759. The van der Waals surface area contributed by atoms with Gasteiger partial charge in [-0.3, -0.25) is 0 Å². The summed E-state index contributed by atoms with van der Waals surface area (Å²) < 4.78 is 5.19. The van der Waals surface area contributed by atoms with Gasteiger partial charge in [0.1, 0.15) is 12.3 Å². The number of rotatable bonds is 2. The number of nitrogens with one attached hydrogen (secondary N) is 1. The van der Waals surface area contributed by atoms with E-state index in [9.17, 15) is 4.79 Å². The molecule has 5 heteroatoms. The van der Waals surface area contributed by atoms with Crippen LogP contribution in [0, 0.1) is 6.92 Å². The van der Waals surface area contributed by atoms with Crippen molar-refractivity contribution >= 4 is 5.97 Å². The molecule has 1 atom stereocenters. The molecule has 0 spiro atoms. The second-order valence-electron chi connectivity index (χ2n) is 3.23. The van der Waals surface area contributed by atoms with Gasteiger partial charge in [0.25, 0.3) is 0 Å². The maximum atomic E-state index is 10.7. The Morgan fingerprint density at radius 1 is 1.67 bits per heavy atom. The highest BCUT2D eigenvalue weighted by Crippen LogP contribution is 2.19. The van der Waals surface area contributed by atoms with Crippen molar-refractivity contribution in [3.8, 4) is 0 Å². The molecule has 0 aliphatic carbocycles. The molecule has 2 rings (SSSR count). The molecule has 1 aromatic heterocycles. The van der Waals surface area contributed by atoms with Gasteiger partial charge < -0.3 is 14.8 Å². The molecule has 1 aliphatic rings.